The second-order valence-corrected chi connectivity index (χ2v) is 3.63. The van der Waals surface area contributed by atoms with Gasteiger partial charge in [0.1, 0.15) is 5.82 Å². The van der Waals surface area contributed by atoms with Gasteiger partial charge < -0.3 is 9.88 Å². The molecule has 0 atom stereocenters. The number of nitrogens with one attached hydrogen (secondary N) is 1. The Labute approximate surface area is 86.6 Å². The zero-order valence-electron chi connectivity index (χ0n) is 8.07. The number of hydrogen-bond donors (Lipinski definition) is 1. The van der Waals surface area contributed by atoms with Gasteiger partial charge in [-0.3, -0.25) is 0 Å². The molecule has 0 aliphatic carbocycles. The van der Waals surface area contributed by atoms with Crippen LogP contribution < -0.4 is 5.32 Å². The minimum Gasteiger partial charge on any atom is -0.307 e. The van der Waals surface area contributed by atoms with Crippen molar-refractivity contribution >= 4 is 0 Å². The van der Waals surface area contributed by atoms with E-state index < -0.39 is 0 Å². The molecule has 3 rings (SSSR count). The Morgan fingerprint density at radius 3 is 3.20 bits per heavy atom. The third kappa shape index (κ3) is 1.34. The van der Waals surface area contributed by atoms with E-state index in [0.717, 1.165) is 30.0 Å². The number of nitrogens with zero attached hydrogens (tertiary/aromatic N) is 2. The first kappa shape index (κ1) is 8.61. The molecule has 0 fully saturated rings. The molecule has 76 valence electrons. The maximum Gasteiger partial charge on any atom is 0.125 e. The Kier molecular flexibility index (Phi) is 1.82. The highest BCUT2D eigenvalue weighted by atomic mass is 19.1. The Bertz CT molecular complexity index is 504. The Balaban J connectivity index is 2.27. The Morgan fingerprint density at radius 2 is 2.27 bits per heavy atom. The van der Waals surface area contributed by atoms with Crippen LogP contribution >= 0.6 is 0 Å². The fourth-order valence-corrected chi connectivity index (χ4v) is 1.91. The summed E-state index contributed by atoms with van der Waals surface area (Å²) in [6.45, 7) is 1.52. The largest absolute Gasteiger partial charge is 0.307 e. The molecule has 2 heterocycles. The normalized spacial score (nSPS) is 14.2. The van der Waals surface area contributed by atoms with Crippen LogP contribution in [0.1, 0.15) is 11.3 Å². The maximum absolute atomic E-state index is 13.2. The molecule has 15 heavy (non-hydrogen) atoms. The van der Waals surface area contributed by atoms with Gasteiger partial charge in [-0.2, -0.15) is 0 Å². The first-order valence-corrected chi connectivity index (χ1v) is 4.85. The van der Waals surface area contributed by atoms with Crippen molar-refractivity contribution in [3.05, 3.63) is 47.8 Å². The highest BCUT2D eigenvalue weighted by molar-refractivity contribution is 5.43. The van der Waals surface area contributed by atoms with Crippen LogP contribution in [0.5, 0.6) is 0 Å². The molecular formula is C11H10FN3. The van der Waals surface area contributed by atoms with E-state index in [9.17, 15) is 4.39 Å². The molecule has 1 aliphatic heterocycles. The van der Waals surface area contributed by atoms with E-state index in [1.165, 1.54) is 6.07 Å². The fourth-order valence-electron chi connectivity index (χ4n) is 1.91. The van der Waals surface area contributed by atoms with E-state index >= 15 is 0 Å². The lowest BCUT2D eigenvalue weighted by molar-refractivity contribution is 0.625. The number of aromatic nitrogens is 2. The van der Waals surface area contributed by atoms with Gasteiger partial charge in [0.05, 0.1) is 17.7 Å². The average Bonchev–Trinajstić information content (AvgIpc) is 2.62. The molecular weight excluding hydrogens is 193 g/mol. The lowest BCUT2D eigenvalue weighted by atomic mass is 10.1. The monoisotopic (exact) mass is 203 g/mol. The van der Waals surface area contributed by atoms with Gasteiger partial charge in [-0.15, -0.1) is 0 Å². The summed E-state index contributed by atoms with van der Waals surface area (Å²) in [4.78, 5) is 4.07. The minimum absolute atomic E-state index is 0.213. The lowest BCUT2D eigenvalue weighted by Crippen LogP contribution is -2.10. The molecule has 4 heteroatoms. The molecule has 0 saturated heterocycles. The lowest BCUT2D eigenvalue weighted by Gasteiger charge is -2.07. The van der Waals surface area contributed by atoms with Gasteiger partial charge in [0.25, 0.3) is 0 Å². The molecule has 1 N–H and O–H groups in total. The number of imidazole rings is 1. The van der Waals surface area contributed by atoms with Crippen molar-refractivity contribution < 1.29 is 4.39 Å². The summed E-state index contributed by atoms with van der Waals surface area (Å²) >= 11 is 0. The summed E-state index contributed by atoms with van der Waals surface area (Å²) in [5, 5.41) is 3.28. The molecule has 1 aromatic carbocycles. The Morgan fingerprint density at radius 1 is 1.33 bits per heavy atom. The summed E-state index contributed by atoms with van der Waals surface area (Å²) in [6, 6.07) is 4.85. The predicted octanol–water partition coefficient (Wildman–Crippen LogP) is 1.61. The second kappa shape index (κ2) is 3.17. The van der Waals surface area contributed by atoms with Crippen LogP contribution in [0.25, 0.3) is 5.69 Å². The molecule has 0 spiro atoms. The molecule has 1 aromatic heterocycles. The maximum atomic E-state index is 13.2. The standard InChI is InChI=1S/C11H10FN3/c12-9-2-1-8-4-13-5-10-6-14-7-15(10)11(8)3-9/h1-3,6-7,13H,4-5H2. The SMILES string of the molecule is Fc1ccc2c(c1)-n1cncc1CNC2. The van der Waals surface area contributed by atoms with Gasteiger partial charge in [0.2, 0.25) is 0 Å². The molecule has 0 saturated carbocycles. The van der Waals surface area contributed by atoms with Crippen LogP contribution in [0.4, 0.5) is 4.39 Å². The van der Waals surface area contributed by atoms with E-state index in [1.807, 2.05) is 10.6 Å². The Hall–Kier alpha value is -1.68. The first-order valence-electron chi connectivity index (χ1n) is 4.85. The van der Waals surface area contributed by atoms with Crippen molar-refractivity contribution in [1.82, 2.24) is 14.9 Å². The summed E-state index contributed by atoms with van der Waals surface area (Å²) in [5.74, 6) is -0.213. The molecule has 3 nitrogen and oxygen atoms in total. The number of fused-ring (bicyclic) bond motifs is 3. The zero-order chi connectivity index (χ0) is 10.3. The van der Waals surface area contributed by atoms with E-state index in [-0.39, 0.29) is 5.82 Å². The van der Waals surface area contributed by atoms with Crippen molar-refractivity contribution in [2.45, 2.75) is 13.1 Å². The third-order valence-electron chi connectivity index (χ3n) is 2.64. The van der Waals surface area contributed by atoms with Gasteiger partial charge in [0.15, 0.2) is 0 Å². The highest BCUT2D eigenvalue weighted by Gasteiger charge is 2.13. The molecule has 0 radical (unpaired) electrons. The fraction of sp³-hybridized carbons (Fsp3) is 0.182. The predicted molar refractivity (Wildman–Crippen MR) is 54.1 cm³/mol. The van der Waals surface area contributed by atoms with E-state index in [4.69, 9.17) is 0 Å². The highest BCUT2D eigenvalue weighted by Crippen LogP contribution is 2.20. The number of benzene rings is 1. The van der Waals surface area contributed by atoms with Crippen LogP contribution in [0.15, 0.2) is 30.7 Å². The van der Waals surface area contributed by atoms with Gasteiger partial charge in [-0.05, 0) is 17.7 Å². The van der Waals surface area contributed by atoms with Crippen molar-refractivity contribution in [3.8, 4) is 5.69 Å². The second-order valence-electron chi connectivity index (χ2n) is 3.63. The van der Waals surface area contributed by atoms with Crippen molar-refractivity contribution in [2.75, 3.05) is 0 Å². The van der Waals surface area contributed by atoms with E-state index in [0.29, 0.717) is 0 Å². The van der Waals surface area contributed by atoms with Gasteiger partial charge in [-0.1, -0.05) is 6.07 Å². The van der Waals surface area contributed by atoms with Crippen molar-refractivity contribution in [3.63, 3.8) is 0 Å². The van der Waals surface area contributed by atoms with Crippen molar-refractivity contribution in [2.24, 2.45) is 0 Å². The van der Waals surface area contributed by atoms with E-state index in [2.05, 4.69) is 10.3 Å². The van der Waals surface area contributed by atoms with Gasteiger partial charge in [0, 0.05) is 19.3 Å². The molecule has 0 unspecified atom stereocenters. The van der Waals surface area contributed by atoms with Crippen LogP contribution in [0, 0.1) is 5.82 Å². The summed E-state index contributed by atoms with van der Waals surface area (Å²) in [6.07, 6.45) is 3.52. The topological polar surface area (TPSA) is 29.9 Å². The average molecular weight is 203 g/mol. The van der Waals surface area contributed by atoms with Crippen LogP contribution in [0.2, 0.25) is 0 Å². The van der Waals surface area contributed by atoms with Gasteiger partial charge >= 0.3 is 0 Å². The molecule has 1 aliphatic rings. The van der Waals surface area contributed by atoms with Crippen LogP contribution in [0.3, 0.4) is 0 Å². The quantitative estimate of drug-likeness (QED) is 0.705. The summed E-state index contributed by atoms with van der Waals surface area (Å²) in [5.41, 5.74) is 3.03. The van der Waals surface area contributed by atoms with E-state index in [1.54, 1.807) is 18.6 Å². The van der Waals surface area contributed by atoms with Crippen molar-refractivity contribution in [1.29, 1.82) is 0 Å². The smallest absolute Gasteiger partial charge is 0.125 e. The molecule has 0 amide bonds. The van der Waals surface area contributed by atoms with Crippen LogP contribution in [-0.4, -0.2) is 9.55 Å². The molecule has 2 aromatic rings. The number of halogens is 1. The summed E-state index contributed by atoms with van der Waals surface area (Å²) < 4.78 is 15.1. The third-order valence-corrected chi connectivity index (χ3v) is 2.64. The molecule has 0 bridgehead atoms. The zero-order valence-corrected chi connectivity index (χ0v) is 8.07. The first-order chi connectivity index (χ1) is 7.34. The summed E-state index contributed by atoms with van der Waals surface area (Å²) in [7, 11) is 0. The number of rotatable bonds is 0. The minimum atomic E-state index is -0.213. The van der Waals surface area contributed by atoms with Gasteiger partial charge in [-0.25, -0.2) is 9.37 Å². The van der Waals surface area contributed by atoms with Crippen LogP contribution in [-0.2, 0) is 13.1 Å². The number of hydrogen-bond acceptors (Lipinski definition) is 2.